The summed E-state index contributed by atoms with van der Waals surface area (Å²) in [6.07, 6.45) is 0.936. The lowest BCUT2D eigenvalue weighted by Crippen LogP contribution is -2.35. The summed E-state index contributed by atoms with van der Waals surface area (Å²) in [6, 6.07) is 9.32. The van der Waals surface area contributed by atoms with Gasteiger partial charge in [0.25, 0.3) is 5.91 Å². The van der Waals surface area contributed by atoms with Gasteiger partial charge in [0.05, 0.1) is 17.6 Å². The normalized spacial score (nSPS) is 16.2. The molecule has 0 bridgehead atoms. The first-order valence-corrected chi connectivity index (χ1v) is 9.18. The zero-order valence-corrected chi connectivity index (χ0v) is 15.4. The highest BCUT2D eigenvalue weighted by Gasteiger charge is 2.21. The van der Waals surface area contributed by atoms with Crippen molar-refractivity contribution in [3.8, 4) is 0 Å². The van der Waals surface area contributed by atoms with E-state index in [1.165, 1.54) is 0 Å². The van der Waals surface area contributed by atoms with Crippen molar-refractivity contribution < 1.29 is 9.21 Å². The summed E-state index contributed by atoms with van der Waals surface area (Å²) < 4.78 is 5.45. The molecule has 1 N–H and O–H groups in total. The number of carbonyl (C=O) groups excluding carboxylic acids is 1. The Morgan fingerprint density at radius 3 is 2.92 bits per heavy atom. The Balaban J connectivity index is 1.43. The van der Waals surface area contributed by atoms with Crippen LogP contribution in [0.3, 0.4) is 0 Å². The number of amides is 1. The van der Waals surface area contributed by atoms with Gasteiger partial charge in [-0.25, -0.2) is 4.98 Å². The summed E-state index contributed by atoms with van der Waals surface area (Å²) in [6.45, 7) is 5.84. The number of aromatic nitrogens is 2. The molecule has 0 aliphatic carbocycles. The number of fused-ring (bicyclic) bond motifs is 1. The number of carbonyl (C=O) groups is 1. The number of aromatic amines is 1. The van der Waals surface area contributed by atoms with Crippen molar-refractivity contribution in [3.63, 3.8) is 0 Å². The topological polar surface area (TPSA) is 65.4 Å². The predicted molar refractivity (Wildman–Crippen MR) is 100 cm³/mol. The van der Waals surface area contributed by atoms with E-state index >= 15 is 0 Å². The molecular formula is C19H21ClN4O2. The number of nitrogens with one attached hydrogen (secondary N) is 1. The van der Waals surface area contributed by atoms with E-state index in [4.69, 9.17) is 16.0 Å². The number of rotatable bonds is 3. The highest BCUT2D eigenvalue weighted by Crippen LogP contribution is 2.18. The van der Waals surface area contributed by atoms with Crippen molar-refractivity contribution >= 4 is 28.5 Å². The molecule has 0 saturated carbocycles. The van der Waals surface area contributed by atoms with E-state index in [9.17, 15) is 4.79 Å². The van der Waals surface area contributed by atoms with Gasteiger partial charge in [-0.2, -0.15) is 0 Å². The van der Waals surface area contributed by atoms with E-state index in [1.54, 1.807) is 6.07 Å². The number of H-pyrrole nitrogens is 1. The molecule has 0 atom stereocenters. The van der Waals surface area contributed by atoms with Crippen LogP contribution in [0.1, 0.15) is 28.4 Å². The van der Waals surface area contributed by atoms with Crippen molar-refractivity contribution in [2.75, 3.05) is 26.2 Å². The van der Waals surface area contributed by atoms with Crippen LogP contribution in [0, 0.1) is 6.92 Å². The van der Waals surface area contributed by atoms with Crippen LogP contribution < -0.4 is 0 Å². The number of hydrogen-bond acceptors (Lipinski definition) is 4. The Labute approximate surface area is 156 Å². The average molecular weight is 373 g/mol. The second kappa shape index (κ2) is 7.13. The molecule has 6 nitrogen and oxygen atoms in total. The second-order valence-corrected chi connectivity index (χ2v) is 7.05. The van der Waals surface area contributed by atoms with Crippen molar-refractivity contribution in [2.45, 2.75) is 19.9 Å². The summed E-state index contributed by atoms with van der Waals surface area (Å²) in [7, 11) is 0. The lowest BCUT2D eigenvalue weighted by molar-refractivity contribution is 0.0761. The molecule has 2 aromatic heterocycles. The molecule has 1 saturated heterocycles. The van der Waals surface area contributed by atoms with Crippen molar-refractivity contribution in [1.29, 1.82) is 0 Å². The molecule has 1 aromatic carbocycles. The molecule has 4 rings (SSSR count). The number of furan rings is 1. The summed E-state index contributed by atoms with van der Waals surface area (Å²) in [5, 5.41) is 0.413. The SMILES string of the molecule is Cc1nc2ccc(C(=O)N3CCCN(Cc4ccc(Cl)o4)CC3)cc2[nH]1. The molecule has 0 unspecified atom stereocenters. The maximum Gasteiger partial charge on any atom is 0.253 e. The predicted octanol–water partition coefficient (Wildman–Crippen LogP) is 3.47. The molecule has 26 heavy (non-hydrogen) atoms. The quantitative estimate of drug-likeness (QED) is 0.764. The molecule has 136 valence electrons. The third kappa shape index (κ3) is 3.61. The van der Waals surface area contributed by atoms with Gasteiger partial charge >= 0.3 is 0 Å². The average Bonchev–Trinajstić information content (AvgIpc) is 3.11. The van der Waals surface area contributed by atoms with Crippen molar-refractivity contribution in [2.24, 2.45) is 0 Å². The van der Waals surface area contributed by atoms with Crippen LogP contribution in [0.2, 0.25) is 5.22 Å². The fourth-order valence-electron chi connectivity index (χ4n) is 3.44. The van der Waals surface area contributed by atoms with E-state index in [1.807, 2.05) is 36.1 Å². The number of nitrogens with zero attached hydrogens (tertiary/aromatic N) is 3. The van der Waals surface area contributed by atoms with Crippen molar-refractivity contribution in [1.82, 2.24) is 19.8 Å². The first-order valence-electron chi connectivity index (χ1n) is 8.81. The highest BCUT2D eigenvalue weighted by molar-refractivity contribution is 6.28. The lowest BCUT2D eigenvalue weighted by atomic mass is 10.1. The monoisotopic (exact) mass is 372 g/mol. The Hall–Kier alpha value is -2.31. The van der Waals surface area contributed by atoms with Gasteiger partial charge in [-0.05, 0) is 55.3 Å². The van der Waals surface area contributed by atoms with Gasteiger partial charge in [0, 0.05) is 31.7 Å². The van der Waals surface area contributed by atoms with E-state index in [2.05, 4.69) is 14.9 Å². The molecule has 1 amide bonds. The fraction of sp³-hybridized carbons (Fsp3) is 0.368. The van der Waals surface area contributed by atoms with Gasteiger partial charge in [-0.1, -0.05) is 0 Å². The van der Waals surface area contributed by atoms with E-state index in [0.29, 0.717) is 23.9 Å². The van der Waals surface area contributed by atoms with Gasteiger partial charge < -0.3 is 14.3 Å². The largest absolute Gasteiger partial charge is 0.448 e. The van der Waals surface area contributed by atoms with Crippen LogP contribution >= 0.6 is 11.6 Å². The molecule has 1 fully saturated rings. The Morgan fingerprint density at radius 1 is 1.23 bits per heavy atom. The van der Waals surface area contributed by atoms with Gasteiger partial charge in [0.2, 0.25) is 0 Å². The zero-order valence-electron chi connectivity index (χ0n) is 14.7. The minimum atomic E-state index is 0.0713. The van der Waals surface area contributed by atoms with Crippen LogP contribution in [0.5, 0.6) is 0 Å². The number of benzene rings is 1. The molecule has 1 aliphatic rings. The first-order chi connectivity index (χ1) is 12.6. The van der Waals surface area contributed by atoms with E-state index < -0.39 is 0 Å². The second-order valence-electron chi connectivity index (χ2n) is 6.68. The molecule has 7 heteroatoms. The summed E-state index contributed by atoms with van der Waals surface area (Å²) >= 11 is 5.84. The third-order valence-corrected chi connectivity index (χ3v) is 4.93. The molecule has 3 heterocycles. The highest BCUT2D eigenvalue weighted by atomic mass is 35.5. The zero-order chi connectivity index (χ0) is 18.1. The van der Waals surface area contributed by atoms with Crippen LogP contribution in [0.15, 0.2) is 34.7 Å². The van der Waals surface area contributed by atoms with Crippen LogP contribution in [0.25, 0.3) is 11.0 Å². The van der Waals surface area contributed by atoms with Gasteiger partial charge in [-0.3, -0.25) is 9.69 Å². The van der Waals surface area contributed by atoms with Crippen molar-refractivity contribution in [3.05, 3.63) is 52.7 Å². The Morgan fingerprint density at radius 2 is 2.12 bits per heavy atom. The molecule has 0 spiro atoms. The van der Waals surface area contributed by atoms with E-state index in [0.717, 1.165) is 48.7 Å². The van der Waals surface area contributed by atoms with Gasteiger partial charge in [-0.15, -0.1) is 0 Å². The number of imidazole rings is 1. The molecular weight excluding hydrogens is 352 g/mol. The Kier molecular flexibility index (Phi) is 4.70. The standard InChI is InChI=1S/C19H21ClN4O2/c1-13-21-16-5-3-14(11-17(16)22-13)19(25)24-8-2-7-23(9-10-24)12-15-4-6-18(20)26-15/h3-6,11H,2,7-10,12H2,1H3,(H,21,22). The fourth-order valence-corrected chi connectivity index (χ4v) is 3.60. The summed E-state index contributed by atoms with van der Waals surface area (Å²) in [5.41, 5.74) is 2.49. The molecule has 0 radical (unpaired) electrons. The minimum absolute atomic E-state index is 0.0713. The maximum atomic E-state index is 12.9. The number of hydrogen-bond donors (Lipinski definition) is 1. The van der Waals surface area contributed by atoms with Gasteiger partial charge in [0.15, 0.2) is 5.22 Å². The lowest BCUT2D eigenvalue weighted by Gasteiger charge is -2.21. The number of halogens is 1. The van der Waals surface area contributed by atoms with Gasteiger partial charge in [0.1, 0.15) is 11.6 Å². The van der Waals surface area contributed by atoms with Crippen LogP contribution in [-0.4, -0.2) is 51.9 Å². The number of aryl methyl sites for hydroxylation is 1. The maximum absolute atomic E-state index is 12.9. The molecule has 3 aromatic rings. The third-order valence-electron chi connectivity index (χ3n) is 4.73. The molecule has 1 aliphatic heterocycles. The minimum Gasteiger partial charge on any atom is -0.448 e. The van der Waals surface area contributed by atoms with Crippen LogP contribution in [-0.2, 0) is 6.54 Å². The smallest absolute Gasteiger partial charge is 0.253 e. The van der Waals surface area contributed by atoms with Crippen LogP contribution in [0.4, 0.5) is 0 Å². The first kappa shape index (κ1) is 17.1. The van der Waals surface area contributed by atoms with E-state index in [-0.39, 0.29) is 5.91 Å². The Bertz CT molecular complexity index is 933. The summed E-state index contributed by atoms with van der Waals surface area (Å²) in [5.74, 6) is 1.78. The summed E-state index contributed by atoms with van der Waals surface area (Å²) in [4.78, 5) is 24.7.